The molecular formula is C27H36N2O4. The van der Waals surface area contributed by atoms with Crippen molar-refractivity contribution in [3.63, 3.8) is 0 Å². The Labute approximate surface area is 197 Å². The smallest absolute Gasteiger partial charge is 0.338 e. The van der Waals surface area contributed by atoms with E-state index >= 15 is 0 Å². The maximum atomic E-state index is 12.8. The van der Waals surface area contributed by atoms with Crippen LogP contribution in [-0.2, 0) is 20.8 Å². The zero-order chi connectivity index (χ0) is 23.6. The maximum absolute atomic E-state index is 12.8. The van der Waals surface area contributed by atoms with E-state index in [4.69, 9.17) is 9.57 Å². The number of amides is 1. The lowest BCUT2D eigenvalue weighted by molar-refractivity contribution is -0.137. The fourth-order valence-corrected chi connectivity index (χ4v) is 4.26. The molecule has 6 heteroatoms. The highest BCUT2D eigenvalue weighted by Gasteiger charge is 2.21. The Morgan fingerprint density at radius 3 is 2.64 bits per heavy atom. The number of fused-ring (bicyclic) bond motifs is 1. The van der Waals surface area contributed by atoms with Crippen molar-refractivity contribution < 1.29 is 19.2 Å². The van der Waals surface area contributed by atoms with Crippen LogP contribution >= 0.6 is 0 Å². The van der Waals surface area contributed by atoms with Crippen LogP contribution in [0.1, 0.15) is 66.1 Å². The second-order valence-electron chi connectivity index (χ2n) is 9.09. The number of cyclic esters (lactones) is 1. The summed E-state index contributed by atoms with van der Waals surface area (Å²) in [6.45, 7) is 8.00. The SMILES string of the molecule is Cc1cc(C)c2c(c1)C/C(=N/OCC(=O)N1CCC(C)CC1)C=CCC/C=C/CCOC2=O. The summed E-state index contributed by atoms with van der Waals surface area (Å²) in [5.41, 5.74) is 4.07. The molecule has 178 valence electrons. The van der Waals surface area contributed by atoms with Crippen LogP contribution in [0.4, 0.5) is 0 Å². The van der Waals surface area contributed by atoms with Crippen LogP contribution in [0.15, 0.2) is 41.6 Å². The largest absolute Gasteiger partial charge is 0.462 e. The zero-order valence-corrected chi connectivity index (χ0v) is 20.1. The molecule has 0 spiro atoms. The first-order valence-electron chi connectivity index (χ1n) is 12.0. The number of carbonyl (C=O) groups excluding carboxylic acids is 2. The van der Waals surface area contributed by atoms with E-state index < -0.39 is 0 Å². The Morgan fingerprint density at radius 1 is 1.12 bits per heavy atom. The summed E-state index contributed by atoms with van der Waals surface area (Å²) >= 11 is 0. The molecule has 0 unspecified atom stereocenters. The van der Waals surface area contributed by atoms with Gasteiger partial charge in [0.25, 0.3) is 5.91 Å². The van der Waals surface area contributed by atoms with E-state index in [9.17, 15) is 9.59 Å². The molecule has 2 aliphatic heterocycles. The van der Waals surface area contributed by atoms with Crippen molar-refractivity contribution >= 4 is 17.6 Å². The topological polar surface area (TPSA) is 68.2 Å². The lowest BCUT2D eigenvalue weighted by Gasteiger charge is -2.29. The fraction of sp³-hybridized carbons (Fsp3) is 0.519. The Kier molecular flexibility index (Phi) is 9.28. The Morgan fingerprint density at radius 2 is 1.85 bits per heavy atom. The van der Waals surface area contributed by atoms with Crippen LogP contribution in [0.5, 0.6) is 0 Å². The number of aryl methyl sites for hydroxylation is 2. The fourth-order valence-electron chi connectivity index (χ4n) is 4.26. The average Bonchev–Trinajstić information content (AvgIpc) is 2.77. The van der Waals surface area contributed by atoms with Crippen molar-refractivity contribution in [1.29, 1.82) is 0 Å². The molecule has 0 atom stereocenters. The Balaban J connectivity index is 1.78. The molecule has 3 rings (SSSR count). The molecule has 0 bridgehead atoms. The summed E-state index contributed by atoms with van der Waals surface area (Å²) < 4.78 is 5.53. The standard InChI is InChI=1S/C27H36N2O4/c1-20-11-13-29(14-12-20)25(30)19-33-28-24-10-8-6-4-5-7-9-15-32-27(31)26-22(3)16-21(2)17-23(26)18-24/h5,7-8,10,16-17,20H,4,6,9,11-15,18-19H2,1-3H3/b7-5+,10-8?,28-24+. The molecule has 1 aromatic rings. The summed E-state index contributed by atoms with van der Waals surface area (Å²) in [7, 11) is 0. The van der Waals surface area contributed by atoms with Crippen molar-refractivity contribution in [2.45, 2.75) is 59.3 Å². The summed E-state index contributed by atoms with van der Waals surface area (Å²) in [4.78, 5) is 32.7. The molecule has 1 saturated heterocycles. The first-order chi connectivity index (χ1) is 15.9. The molecule has 0 aliphatic carbocycles. The third kappa shape index (κ3) is 7.58. The number of oxime groups is 1. The zero-order valence-electron chi connectivity index (χ0n) is 20.1. The van der Waals surface area contributed by atoms with Crippen molar-refractivity contribution in [2.75, 3.05) is 26.3 Å². The van der Waals surface area contributed by atoms with Gasteiger partial charge in [0.1, 0.15) is 0 Å². The molecule has 2 heterocycles. The van der Waals surface area contributed by atoms with E-state index in [1.807, 2.05) is 43.0 Å². The lowest BCUT2D eigenvalue weighted by Crippen LogP contribution is -2.39. The van der Waals surface area contributed by atoms with Gasteiger partial charge in [-0.3, -0.25) is 4.79 Å². The molecule has 0 aromatic heterocycles. The van der Waals surface area contributed by atoms with Gasteiger partial charge in [-0.15, -0.1) is 0 Å². The molecule has 1 amide bonds. The predicted molar refractivity (Wildman–Crippen MR) is 130 cm³/mol. The van der Waals surface area contributed by atoms with Gasteiger partial charge in [0, 0.05) is 19.5 Å². The monoisotopic (exact) mass is 452 g/mol. The lowest BCUT2D eigenvalue weighted by atomic mass is 9.95. The van der Waals surface area contributed by atoms with Crippen LogP contribution in [-0.4, -0.2) is 48.8 Å². The summed E-state index contributed by atoms with van der Waals surface area (Å²) in [5.74, 6) is 0.322. The van der Waals surface area contributed by atoms with Crippen molar-refractivity contribution in [3.05, 3.63) is 58.7 Å². The van der Waals surface area contributed by atoms with Gasteiger partial charge in [-0.25, -0.2) is 4.79 Å². The van der Waals surface area contributed by atoms with Crippen LogP contribution in [0.2, 0.25) is 0 Å². The Bertz CT molecular complexity index is 924. The van der Waals surface area contributed by atoms with Gasteiger partial charge in [0.2, 0.25) is 0 Å². The van der Waals surface area contributed by atoms with Crippen LogP contribution in [0.3, 0.4) is 0 Å². The highest BCUT2D eigenvalue weighted by Crippen LogP contribution is 2.21. The van der Waals surface area contributed by atoms with Gasteiger partial charge >= 0.3 is 5.97 Å². The first-order valence-corrected chi connectivity index (χ1v) is 12.0. The number of esters is 1. The van der Waals surface area contributed by atoms with E-state index in [1.54, 1.807) is 0 Å². The van der Waals surface area contributed by atoms with Gasteiger partial charge in [-0.05, 0) is 69.1 Å². The van der Waals surface area contributed by atoms with E-state index in [1.165, 1.54) is 0 Å². The second kappa shape index (κ2) is 12.4. The van der Waals surface area contributed by atoms with Crippen molar-refractivity contribution in [1.82, 2.24) is 4.90 Å². The highest BCUT2D eigenvalue weighted by molar-refractivity contribution is 6.00. The number of hydrogen-bond donors (Lipinski definition) is 0. The second-order valence-corrected chi connectivity index (χ2v) is 9.09. The number of carbonyl (C=O) groups is 2. The summed E-state index contributed by atoms with van der Waals surface area (Å²) in [6, 6.07) is 3.99. The molecule has 0 N–H and O–H groups in total. The highest BCUT2D eigenvalue weighted by atomic mass is 16.6. The van der Waals surface area contributed by atoms with E-state index in [-0.39, 0.29) is 18.5 Å². The molecule has 0 saturated carbocycles. The minimum Gasteiger partial charge on any atom is -0.462 e. The van der Waals surface area contributed by atoms with Gasteiger partial charge in [0.15, 0.2) is 6.61 Å². The number of rotatable bonds is 3. The molecule has 33 heavy (non-hydrogen) atoms. The maximum Gasteiger partial charge on any atom is 0.338 e. The number of benzene rings is 1. The molecule has 1 aromatic carbocycles. The molecule has 0 radical (unpaired) electrons. The molecule has 1 fully saturated rings. The number of piperidine rings is 1. The van der Waals surface area contributed by atoms with Crippen LogP contribution in [0, 0.1) is 19.8 Å². The predicted octanol–water partition coefficient (Wildman–Crippen LogP) is 4.93. The number of nitrogens with zero attached hydrogens (tertiary/aromatic N) is 2. The van der Waals surface area contributed by atoms with E-state index in [2.05, 4.69) is 24.2 Å². The van der Waals surface area contributed by atoms with Crippen molar-refractivity contribution in [2.24, 2.45) is 11.1 Å². The normalized spacial score (nSPS) is 20.6. The number of likely N-dealkylation sites (tertiary alicyclic amines) is 1. The first kappa shape index (κ1) is 24.7. The third-order valence-electron chi connectivity index (χ3n) is 6.14. The molecule has 2 aliphatic rings. The van der Waals surface area contributed by atoms with Gasteiger partial charge in [-0.1, -0.05) is 48.0 Å². The molecular weight excluding hydrogens is 416 g/mol. The van der Waals surface area contributed by atoms with E-state index in [0.29, 0.717) is 36.6 Å². The quantitative estimate of drug-likeness (QED) is 0.370. The van der Waals surface area contributed by atoms with Crippen molar-refractivity contribution in [3.8, 4) is 0 Å². The molecule has 6 nitrogen and oxygen atoms in total. The number of ether oxygens (including phenoxy) is 1. The van der Waals surface area contributed by atoms with Gasteiger partial charge < -0.3 is 14.5 Å². The van der Waals surface area contributed by atoms with Gasteiger partial charge in [0.05, 0.1) is 17.9 Å². The average molecular weight is 453 g/mol. The third-order valence-corrected chi connectivity index (χ3v) is 6.14. The Hall–Kier alpha value is -2.89. The minimum absolute atomic E-state index is 0.0306. The van der Waals surface area contributed by atoms with Crippen LogP contribution < -0.4 is 0 Å². The summed E-state index contributed by atoms with van der Waals surface area (Å²) in [6.07, 6.45) is 13.1. The number of hydrogen-bond acceptors (Lipinski definition) is 5. The van der Waals surface area contributed by atoms with Gasteiger partial charge in [-0.2, -0.15) is 0 Å². The minimum atomic E-state index is -0.313. The van der Waals surface area contributed by atoms with E-state index in [0.717, 1.165) is 55.5 Å². The summed E-state index contributed by atoms with van der Waals surface area (Å²) in [5, 5.41) is 4.30. The van der Waals surface area contributed by atoms with Crippen LogP contribution in [0.25, 0.3) is 0 Å². The number of allylic oxidation sites excluding steroid dienone is 3.